The molecule has 5 heteroatoms. The van der Waals surface area contributed by atoms with Gasteiger partial charge in [-0.15, -0.1) is 0 Å². The van der Waals surface area contributed by atoms with Gasteiger partial charge in [-0.1, -0.05) is 0 Å². The fourth-order valence-electron chi connectivity index (χ4n) is 2.38. The zero-order chi connectivity index (χ0) is 12.1. The third-order valence-corrected chi connectivity index (χ3v) is 3.55. The van der Waals surface area contributed by atoms with Crippen molar-refractivity contribution in [2.24, 2.45) is 0 Å². The molecule has 2 fully saturated rings. The molecule has 5 nitrogen and oxygen atoms in total. The van der Waals surface area contributed by atoms with Crippen molar-refractivity contribution in [1.82, 2.24) is 10.2 Å². The fraction of sp³-hybridized carbons (Fsp3) is 0.917. The Bertz CT molecular complexity index is 248. The van der Waals surface area contributed by atoms with Gasteiger partial charge in [-0.2, -0.15) is 0 Å². The summed E-state index contributed by atoms with van der Waals surface area (Å²) in [6.07, 6.45) is 2.45. The molecule has 0 aromatic rings. The van der Waals surface area contributed by atoms with Crippen molar-refractivity contribution in [3.05, 3.63) is 0 Å². The van der Waals surface area contributed by atoms with E-state index in [9.17, 15) is 4.79 Å². The van der Waals surface area contributed by atoms with Gasteiger partial charge in [0.2, 0.25) is 5.91 Å². The molecule has 17 heavy (non-hydrogen) atoms. The Labute approximate surface area is 102 Å². The first-order valence-electron chi connectivity index (χ1n) is 6.42. The molecule has 2 rings (SSSR count). The molecule has 0 aromatic carbocycles. The summed E-state index contributed by atoms with van der Waals surface area (Å²) in [6.45, 7) is 3.78. The third-order valence-electron chi connectivity index (χ3n) is 3.55. The molecular formula is C12H22N2O3. The van der Waals surface area contributed by atoms with E-state index in [0.717, 1.165) is 39.2 Å². The van der Waals surface area contributed by atoms with Gasteiger partial charge >= 0.3 is 0 Å². The van der Waals surface area contributed by atoms with E-state index >= 15 is 0 Å². The van der Waals surface area contributed by atoms with Crippen LogP contribution >= 0.6 is 0 Å². The normalized spacial score (nSPS) is 26.8. The molecule has 1 atom stereocenters. The molecule has 0 saturated carbocycles. The maximum Gasteiger partial charge on any atom is 0.224 e. The predicted molar refractivity (Wildman–Crippen MR) is 63.8 cm³/mol. The number of hydrogen-bond acceptors (Lipinski definition) is 4. The van der Waals surface area contributed by atoms with Crippen molar-refractivity contribution in [1.29, 1.82) is 0 Å². The molecule has 1 N–H and O–H groups in total. The Kier molecular flexibility index (Phi) is 4.76. The lowest BCUT2D eigenvalue weighted by Crippen LogP contribution is -2.47. The highest BCUT2D eigenvalue weighted by Gasteiger charge is 2.25. The summed E-state index contributed by atoms with van der Waals surface area (Å²) in [6, 6.07) is 0.527. The number of rotatable bonds is 3. The van der Waals surface area contributed by atoms with Crippen LogP contribution in [0.15, 0.2) is 0 Å². The average Bonchev–Trinajstić information content (AvgIpc) is 2.40. The van der Waals surface area contributed by atoms with Gasteiger partial charge in [-0.3, -0.25) is 4.79 Å². The number of amides is 1. The fourth-order valence-corrected chi connectivity index (χ4v) is 2.38. The lowest BCUT2D eigenvalue weighted by Gasteiger charge is -2.33. The molecule has 1 unspecified atom stereocenters. The minimum Gasteiger partial charge on any atom is -0.381 e. The number of morpholine rings is 1. The van der Waals surface area contributed by atoms with Crippen LogP contribution in [-0.4, -0.2) is 62.9 Å². The summed E-state index contributed by atoms with van der Waals surface area (Å²) < 4.78 is 10.7. The number of hydrogen-bond donors (Lipinski definition) is 1. The van der Waals surface area contributed by atoms with Crippen molar-refractivity contribution < 1.29 is 14.3 Å². The first-order chi connectivity index (χ1) is 8.27. The van der Waals surface area contributed by atoms with E-state index in [0.29, 0.717) is 19.1 Å². The summed E-state index contributed by atoms with van der Waals surface area (Å²) in [5.74, 6) is 0.208. The van der Waals surface area contributed by atoms with Crippen LogP contribution in [0.5, 0.6) is 0 Å². The van der Waals surface area contributed by atoms with Crippen LogP contribution in [-0.2, 0) is 14.3 Å². The summed E-state index contributed by atoms with van der Waals surface area (Å²) >= 11 is 0. The molecule has 98 valence electrons. The van der Waals surface area contributed by atoms with E-state index in [2.05, 4.69) is 5.32 Å². The number of carbonyl (C=O) groups excluding carboxylic acids is 1. The Morgan fingerprint density at radius 3 is 2.71 bits per heavy atom. The number of ether oxygens (including phenoxy) is 2. The topological polar surface area (TPSA) is 50.8 Å². The van der Waals surface area contributed by atoms with Crippen LogP contribution in [0.4, 0.5) is 0 Å². The van der Waals surface area contributed by atoms with Gasteiger partial charge in [0.1, 0.15) is 0 Å². The van der Waals surface area contributed by atoms with Gasteiger partial charge in [-0.05, 0) is 12.8 Å². The lowest BCUT2D eigenvalue weighted by molar-refractivity contribution is -0.134. The highest BCUT2D eigenvalue weighted by Crippen LogP contribution is 2.14. The monoisotopic (exact) mass is 242 g/mol. The lowest BCUT2D eigenvalue weighted by atomic mass is 10.1. The van der Waals surface area contributed by atoms with Crippen LogP contribution in [0, 0.1) is 0 Å². The second-order valence-corrected chi connectivity index (χ2v) is 4.78. The molecule has 0 aromatic heterocycles. The van der Waals surface area contributed by atoms with Crippen molar-refractivity contribution in [3.63, 3.8) is 0 Å². The van der Waals surface area contributed by atoms with E-state index < -0.39 is 0 Å². The van der Waals surface area contributed by atoms with Gasteiger partial charge in [0.15, 0.2) is 0 Å². The third kappa shape index (κ3) is 3.66. The van der Waals surface area contributed by atoms with Crippen LogP contribution in [0.2, 0.25) is 0 Å². The minimum absolute atomic E-state index is 0.179. The quantitative estimate of drug-likeness (QED) is 0.757. The van der Waals surface area contributed by atoms with Crippen molar-refractivity contribution in [3.8, 4) is 0 Å². The zero-order valence-electron chi connectivity index (χ0n) is 10.5. The van der Waals surface area contributed by atoms with Gasteiger partial charge in [-0.25, -0.2) is 0 Å². The number of nitrogens with zero attached hydrogens (tertiary/aromatic N) is 1. The minimum atomic E-state index is 0.179. The summed E-state index contributed by atoms with van der Waals surface area (Å²) in [5, 5.41) is 3.31. The Hall–Kier alpha value is -0.650. The Morgan fingerprint density at radius 2 is 2.06 bits per heavy atom. The maximum atomic E-state index is 12.1. The smallest absolute Gasteiger partial charge is 0.224 e. The second-order valence-electron chi connectivity index (χ2n) is 4.78. The molecule has 0 spiro atoms. The van der Waals surface area contributed by atoms with E-state index in [4.69, 9.17) is 9.47 Å². The van der Waals surface area contributed by atoms with Crippen LogP contribution in [0.3, 0.4) is 0 Å². The number of carbonyl (C=O) groups is 1. The van der Waals surface area contributed by atoms with Gasteiger partial charge in [0.05, 0.1) is 13.2 Å². The van der Waals surface area contributed by atoms with Gasteiger partial charge in [0.25, 0.3) is 0 Å². The highest BCUT2D eigenvalue weighted by molar-refractivity contribution is 5.76. The zero-order valence-corrected chi connectivity index (χ0v) is 10.5. The van der Waals surface area contributed by atoms with Gasteiger partial charge < -0.3 is 19.7 Å². The molecule has 1 amide bonds. The molecule has 0 aliphatic carbocycles. The molecule has 0 bridgehead atoms. The number of nitrogens with one attached hydrogen (secondary N) is 1. The molecule has 2 aliphatic rings. The second kappa shape index (κ2) is 6.33. The van der Waals surface area contributed by atoms with E-state index in [-0.39, 0.29) is 11.9 Å². The molecule has 2 aliphatic heterocycles. The van der Waals surface area contributed by atoms with E-state index in [1.54, 1.807) is 0 Å². The molecule has 2 heterocycles. The first kappa shape index (κ1) is 12.8. The maximum absolute atomic E-state index is 12.1. The average molecular weight is 242 g/mol. The van der Waals surface area contributed by atoms with Gasteiger partial charge in [0, 0.05) is 45.3 Å². The van der Waals surface area contributed by atoms with E-state index in [1.807, 2.05) is 11.9 Å². The SMILES string of the molecule is CN(C(=O)CC1COCCN1)C1CCOCC1. The Morgan fingerprint density at radius 1 is 1.29 bits per heavy atom. The van der Waals surface area contributed by atoms with Crippen LogP contribution in [0.25, 0.3) is 0 Å². The molecular weight excluding hydrogens is 220 g/mol. The largest absolute Gasteiger partial charge is 0.381 e. The summed E-state index contributed by atoms with van der Waals surface area (Å²) in [7, 11) is 1.90. The highest BCUT2D eigenvalue weighted by atomic mass is 16.5. The summed E-state index contributed by atoms with van der Waals surface area (Å²) in [4.78, 5) is 14.0. The van der Waals surface area contributed by atoms with Crippen LogP contribution < -0.4 is 5.32 Å². The van der Waals surface area contributed by atoms with E-state index in [1.165, 1.54) is 0 Å². The predicted octanol–water partition coefficient (Wildman–Crippen LogP) is 0.00230. The van der Waals surface area contributed by atoms with Crippen molar-refractivity contribution in [2.45, 2.75) is 31.3 Å². The Balaban J connectivity index is 1.77. The van der Waals surface area contributed by atoms with Crippen molar-refractivity contribution in [2.75, 3.05) is 40.0 Å². The van der Waals surface area contributed by atoms with Crippen LogP contribution in [0.1, 0.15) is 19.3 Å². The standard InChI is InChI=1S/C12H22N2O3/c1-14(11-2-5-16-6-3-11)12(15)8-10-9-17-7-4-13-10/h10-11,13H,2-9H2,1H3. The molecule has 0 radical (unpaired) electrons. The first-order valence-corrected chi connectivity index (χ1v) is 6.42. The summed E-state index contributed by atoms with van der Waals surface area (Å²) in [5.41, 5.74) is 0. The molecule has 2 saturated heterocycles. The van der Waals surface area contributed by atoms with Crippen molar-refractivity contribution >= 4 is 5.91 Å².